The summed E-state index contributed by atoms with van der Waals surface area (Å²) in [5.74, 6) is -1.13. The Morgan fingerprint density at radius 3 is 1.56 bits per heavy atom. The first-order valence-corrected chi connectivity index (χ1v) is 4.94. The fourth-order valence-corrected chi connectivity index (χ4v) is 0.718. The molecule has 0 bridgehead atoms. The average Bonchev–Trinajstić information content (AvgIpc) is 2.27. The highest BCUT2D eigenvalue weighted by molar-refractivity contribution is 5.91. The molecular weight excluding hydrogens is 208 g/mol. The Bertz CT molecular complexity index is 251. The summed E-state index contributed by atoms with van der Waals surface area (Å²) >= 11 is 0. The number of carbonyl (C=O) groups excluding carboxylic acids is 2. The largest absolute Gasteiger partial charge is 0.462 e. The number of ether oxygens (including phenoxy) is 2. The van der Waals surface area contributed by atoms with Gasteiger partial charge in [0.1, 0.15) is 0 Å². The van der Waals surface area contributed by atoms with Crippen LogP contribution < -0.4 is 0 Å². The van der Waals surface area contributed by atoms with Crippen molar-refractivity contribution in [2.75, 3.05) is 13.2 Å². The molecule has 0 unspecified atom stereocenters. The van der Waals surface area contributed by atoms with Gasteiger partial charge in [-0.15, -0.1) is 13.2 Å². The Balaban J connectivity index is 3.70. The van der Waals surface area contributed by atoms with Crippen LogP contribution in [-0.2, 0) is 19.1 Å². The normalized spacial score (nSPS) is 9.75. The van der Waals surface area contributed by atoms with E-state index in [1.165, 1.54) is 0 Å². The molecule has 0 aliphatic carbocycles. The molecule has 0 rings (SSSR count). The summed E-state index contributed by atoms with van der Waals surface area (Å²) in [5, 5.41) is 0. The summed E-state index contributed by atoms with van der Waals surface area (Å²) in [5.41, 5.74) is 0. The Hall–Kier alpha value is -1.84. The van der Waals surface area contributed by atoms with Crippen LogP contribution in [0.25, 0.3) is 0 Å². The van der Waals surface area contributed by atoms with Gasteiger partial charge in [-0.3, -0.25) is 0 Å². The number of hydrogen-bond donors (Lipinski definition) is 0. The molecule has 0 saturated carbocycles. The maximum Gasteiger partial charge on any atom is 0.331 e. The van der Waals surface area contributed by atoms with E-state index < -0.39 is 11.9 Å². The third-order valence-corrected chi connectivity index (χ3v) is 1.49. The Labute approximate surface area is 95.2 Å². The maximum absolute atomic E-state index is 11.0. The SMILES string of the molecule is C=CCCOC(=O)/C=C\C(=O)OCCC=C. The molecule has 0 heterocycles. The molecule has 0 N–H and O–H groups in total. The molecule has 0 saturated heterocycles. The van der Waals surface area contributed by atoms with Gasteiger partial charge in [-0.2, -0.15) is 0 Å². The van der Waals surface area contributed by atoms with Crippen LogP contribution in [0.2, 0.25) is 0 Å². The highest BCUT2D eigenvalue weighted by atomic mass is 16.5. The molecule has 0 aromatic heterocycles. The summed E-state index contributed by atoms with van der Waals surface area (Å²) in [7, 11) is 0. The van der Waals surface area contributed by atoms with Crippen LogP contribution in [0, 0.1) is 0 Å². The quantitative estimate of drug-likeness (QED) is 0.273. The molecule has 0 aromatic carbocycles. The molecule has 0 atom stereocenters. The van der Waals surface area contributed by atoms with E-state index in [1.54, 1.807) is 12.2 Å². The van der Waals surface area contributed by atoms with Crippen LogP contribution in [0.5, 0.6) is 0 Å². The first-order valence-electron chi connectivity index (χ1n) is 4.94. The van der Waals surface area contributed by atoms with Crippen LogP contribution in [0.15, 0.2) is 37.5 Å². The minimum atomic E-state index is -0.567. The van der Waals surface area contributed by atoms with Gasteiger partial charge in [0.05, 0.1) is 13.2 Å². The second-order valence-corrected chi connectivity index (χ2v) is 2.82. The van der Waals surface area contributed by atoms with Gasteiger partial charge in [-0.25, -0.2) is 9.59 Å². The van der Waals surface area contributed by atoms with Crippen LogP contribution in [0.3, 0.4) is 0 Å². The molecule has 4 nitrogen and oxygen atoms in total. The zero-order valence-corrected chi connectivity index (χ0v) is 9.19. The number of carbonyl (C=O) groups is 2. The fourth-order valence-electron chi connectivity index (χ4n) is 0.718. The van der Waals surface area contributed by atoms with Crippen molar-refractivity contribution >= 4 is 11.9 Å². The first-order chi connectivity index (χ1) is 7.70. The number of esters is 2. The van der Waals surface area contributed by atoms with Gasteiger partial charge in [0.15, 0.2) is 0 Å². The Morgan fingerprint density at radius 2 is 1.25 bits per heavy atom. The molecule has 0 aliphatic heterocycles. The van der Waals surface area contributed by atoms with Crippen molar-refractivity contribution in [3.8, 4) is 0 Å². The number of rotatable bonds is 8. The van der Waals surface area contributed by atoms with E-state index in [9.17, 15) is 9.59 Å². The van der Waals surface area contributed by atoms with Crippen molar-refractivity contribution in [3.63, 3.8) is 0 Å². The highest BCUT2D eigenvalue weighted by Gasteiger charge is 1.99. The van der Waals surface area contributed by atoms with Gasteiger partial charge in [0.2, 0.25) is 0 Å². The molecule has 88 valence electrons. The van der Waals surface area contributed by atoms with Gasteiger partial charge in [-0.05, 0) is 12.8 Å². The smallest absolute Gasteiger partial charge is 0.331 e. The lowest BCUT2D eigenvalue weighted by Crippen LogP contribution is -2.05. The zero-order chi connectivity index (χ0) is 12.2. The second kappa shape index (κ2) is 9.71. The van der Waals surface area contributed by atoms with Crippen molar-refractivity contribution in [1.82, 2.24) is 0 Å². The van der Waals surface area contributed by atoms with Crippen molar-refractivity contribution in [3.05, 3.63) is 37.5 Å². The predicted octanol–water partition coefficient (Wildman–Crippen LogP) is 1.78. The first kappa shape index (κ1) is 14.2. The van der Waals surface area contributed by atoms with E-state index in [1.807, 2.05) is 0 Å². The summed E-state index contributed by atoms with van der Waals surface area (Å²) in [4.78, 5) is 22.0. The van der Waals surface area contributed by atoms with E-state index in [0.29, 0.717) is 12.8 Å². The van der Waals surface area contributed by atoms with Crippen molar-refractivity contribution in [1.29, 1.82) is 0 Å². The molecule has 16 heavy (non-hydrogen) atoms. The van der Waals surface area contributed by atoms with Crippen LogP contribution >= 0.6 is 0 Å². The third kappa shape index (κ3) is 8.74. The van der Waals surface area contributed by atoms with E-state index in [0.717, 1.165) is 12.2 Å². The Kier molecular flexibility index (Phi) is 8.59. The molecule has 0 spiro atoms. The lowest BCUT2D eigenvalue weighted by Gasteiger charge is -1.99. The highest BCUT2D eigenvalue weighted by Crippen LogP contribution is 1.89. The molecule has 0 aromatic rings. The van der Waals surface area contributed by atoms with Gasteiger partial charge in [0.25, 0.3) is 0 Å². The Morgan fingerprint density at radius 1 is 0.875 bits per heavy atom. The van der Waals surface area contributed by atoms with Crippen molar-refractivity contribution in [2.45, 2.75) is 12.8 Å². The van der Waals surface area contributed by atoms with Crippen molar-refractivity contribution < 1.29 is 19.1 Å². The monoisotopic (exact) mass is 224 g/mol. The van der Waals surface area contributed by atoms with Gasteiger partial charge in [0, 0.05) is 12.2 Å². The summed E-state index contributed by atoms with van der Waals surface area (Å²) in [6.45, 7) is 7.49. The lowest BCUT2D eigenvalue weighted by molar-refractivity contribution is -0.140. The predicted molar refractivity (Wildman–Crippen MR) is 60.7 cm³/mol. The average molecular weight is 224 g/mol. The third-order valence-electron chi connectivity index (χ3n) is 1.49. The van der Waals surface area contributed by atoms with E-state index in [2.05, 4.69) is 13.2 Å². The van der Waals surface area contributed by atoms with E-state index >= 15 is 0 Å². The van der Waals surface area contributed by atoms with Crippen LogP contribution in [0.1, 0.15) is 12.8 Å². The topological polar surface area (TPSA) is 52.6 Å². The standard InChI is InChI=1S/C12H16O4/c1-3-5-9-15-11(13)7-8-12(14)16-10-6-4-2/h3-4,7-8H,1-2,5-6,9-10H2/b8-7-. The van der Waals surface area contributed by atoms with E-state index in [4.69, 9.17) is 9.47 Å². The van der Waals surface area contributed by atoms with Gasteiger partial charge >= 0.3 is 11.9 Å². The molecule has 0 aliphatic rings. The summed E-state index contributed by atoms with van der Waals surface area (Å²) in [6.07, 6.45) is 6.53. The maximum atomic E-state index is 11.0. The molecule has 0 amide bonds. The molecule has 0 radical (unpaired) electrons. The molecule has 4 heteroatoms. The summed E-state index contributed by atoms with van der Waals surface area (Å²) < 4.78 is 9.48. The summed E-state index contributed by atoms with van der Waals surface area (Å²) in [6, 6.07) is 0. The van der Waals surface area contributed by atoms with Crippen LogP contribution in [-0.4, -0.2) is 25.2 Å². The number of hydrogen-bond acceptors (Lipinski definition) is 4. The molecule has 0 fully saturated rings. The van der Waals surface area contributed by atoms with E-state index in [-0.39, 0.29) is 13.2 Å². The lowest BCUT2D eigenvalue weighted by atomic mass is 10.4. The minimum Gasteiger partial charge on any atom is -0.462 e. The minimum absolute atomic E-state index is 0.262. The van der Waals surface area contributed by atoms with Gasteiger partial charge < -0.3 is 9.47 Å². The zero-order valence-electron chi connectivity index (χ0n) is 9.19. The fraction of sp³-hybridized carbons (Fsp3) is 0.333. The second-order valence-electron chi connectivity index (χ2n) is 2.82. The molecular formula is C12H16O4. The van der Waals surface area contributed by atoms with Crippen molar-refractivity contribution in [2.24, 2.45) is 0 Å². The van der Waals surface area contributed by atoms with Crippen LogP contribution in [0.4, 0.5) is 0 Å². The van der Waals surface area contributed by atoms with Gasteiger partial charge in [-0.1, -0.05) is 12.2 Å².